The first-order valence-corrected chi connectivity index (χ1v) is 6.60. The second kappa shape index (κ2) is 6.84. The van der Waals surface area contributed by atoms with E-state index in [1.165, 1.54) is 42.5 Å². The lowest BCUT2D eigenvalue weighted by atomic mass is 10.2. The fourth-order valence-electron chi connectivity index (χ4n) is 1.73. The molecular formula is C14H9ClN2O6. The SMILES string of the molecule is O=C(OCc1cc([N+](=O)[O-])ccc1Cl)c1ccc([N+](=O)[O-])cc1. The third-order valence-electron chi connectivity index (χ3n) is 2.91. The highest BCUT2D eigenvalue weighted by atomic mass is 35.5. The molecule has 2 aromatic rings. The summed E-state index contributed by atoms with van der Waals surface area (Å²) in [6.45, 7) is -0.254. The monoisotopic (exact) mass is 336 g/mol. The number of nitro benzene ring substituents is 2. The Bertz CT molecular complexity index is 775. The largest absolute Gasteiger partial charge is 0.457 e. The van der Waals surface area contributed by atoms with Gasteiger partial charge in [0.2, 0.25) is 0 Å². The van der Waals surface area contributed by atoms with Gasteiger partial charge in [-0.3, -0.25) is 20.2 Å². The fourth-order valence-corrected chi connectivity index (χ4v) is 1.90. The number of carbonyl (C=O) groups is 1. The van der Waals surface area contributed by atoms with Crippen molar-refractivity contribution < 1.29 is 19.4 Å². The molecule has 0 N–H and O–H groups in total. The van der Waals surface area contributed by atoms with Gasteiger partial charge in [0.15, 0.2) is 0 Å². The maximum Gasteiger partial charge on any atom is 0.338 e. The summed E-state index contributed by atoms with van der Waals surface area (Å²) in [4.78, 5) is 31.9. The van der Waals surface area contributed by atoms with Crippen LogP contribution >= 0.6 is 11.6 Å². The molecule has 0 aromatic heterocycles. The Morgan fingerprint density at radius 2 is 1.57 bits per heavy atom. The lowest BCUT2D eigenvalue weighted by Gasteiger charge is -2.06. The second-order valence-corrected chi connectivity index (χ2v) is 4.82. The number of hydrogen-bond acceptors (Lipinski definition) is 6. The van der Waals surface area contributed by atoms with E-state index >= 15 is 0 Å². The molecule has 0 heterocycles. The minimum absolute atomic E-state index is 0.122. The van der Waals surface area contributed by atoms with E-state index in [2.05, 4.69) is 0 Å². The summed E-state index contributed by atoms with van der Waals surface area (Å²) in [5.41, 5.74) is 0.0901. The van der Waals surface area contributed by atoms with Gasteiger partial charge in [0, 0.05) is 34.9 Å². The number of non-ortho nitro benzene ring substituents is 2. The van der Waals surface area contributed by atoms with Crippen molar-refractivity contribution in [2.45, 2.75) is 6.61 Å². The van der Waals surface area contributed by atoms with Gasteiger partial charge in [0.05, 0.1) is 15.4 Å². The van der Waals surface area contributed by atoms with Crippen molar-refractivity contribution in [2.75, 3.05) is 0 Å². The molecule has 0 saturated heterocycles. The van der Waals surface area contributed by atoms with Gasteiger partial charge in [0.25, 0.3) is 11.4 Å². The highest BCUT2D eigenvalue weighted by molar-refractivity contribution is 6.31. The summed E-state index contributed by atoms with van der Waals surface area (Å²) in [6, 6.07) is 8.67. The van der Waals surface area contributed by atoms with Crippen LogP contribution in [0.1, 0.15) is 15.9 Å². The zero-order valence-electron chi connectivity index (χ0n) is 11.5. The first-order chi connectivity index (χ1) is 10.9. The predicted octanol–water partition coefficient (Wildman–Crippen LogP) is 3.51. The fraction of sp³-hybridized carbons (Fsp3) is 0.0714. The Balaban J connectivity index is 2.08. The van der Waals surface area contributed by atoms with Gasteiger partial charge in [-0.05, 0) is 18.2 Å². The van der Waals surface area contributed by atoms with Gasteiger partial charge in [-0.25, -0.2) is 4.79 Å². The molecule has 118 valence electrons. The Labute approximate surface area is 134 Å². The summed E-state index contributed by atoms with van der Waals surface area (Å²) in [5.74, 6) is -0.720. The topological polar surface area (TPSA) is 113 Å². The standard InChI is InChI=1S/C14H9ClN2O6/c15-13-6-5-12(17(21)22)7-10(13)8-23-14(18)9-1-3-11(4-2-9)16(19)20/h1-7H,8H2. The number of esters is 1. The minimum Gasteiger partial charge on any atom is -0.457 e. The summed E-state index contributed by atoms with van der Waals surface area (Å²) in [6.07, 6.45) is 0. The smallest absolute Gasteiger partial charge is 0.338 e. The van der Waals surface area contributed by atoms with E-state index in [0.29, 0.717) is 0 Å². The van der Waals surface area contributed by atoms with Crippen molar-refractivity contribution in [2.24, 2.45) is 0 Å². The van der Waals surface area contributed by atoms with Crippen molar-refractivity contribution in [1.29, 1.82) is 0 Å². The maximum atomic E-state index is 11.9. The Hall–Kier alpha value is -3.00. The van der Waals surface area contributed by atoms with Crippen molar-refractivity contribution in [3.63, 3.8) is 0 Å². The van der Waals surface area contributed by atoms with E-state index in [9.17, 15) is 25.0 Å². The van der Waals surface area contributed by atoms with Crippen molar-refractivity contribution in [1.82, 2.24) is 0 Å². The van der Waals surface area contributed by atoms with E-state index in [1.807, 2.05) is 0 Å². The quantitative estimate of drug-likeness (QED) is 0.469. The zero-order chi connectivity index (χ0) is 17.0. The summed E-state index contributed by atoms with van der Waals surface area (Å²) in [5, 5.41) is 21.5. The number of hydrogen-bond donors (Lipinski definition) is 0. The van der Waals surface area contributed by atoms with E-state index in [1.54, 1.807) is 0 Å². The van der Waals surface area contributed by atoms with E-state index in [0.717, 1.165) is 0 Å². The van der Waals surface area contributed by atoms with E-state index in [4.69, 9.17) is 16.3 Å². The molecule has 2 rings (SSSR count). The average Bonchev–Trinajstić information content (AvgIpc) is 2.53. The van der Waals surface area contributed by atoms with Crippen LogP contribution in [0.2, 0.25) is 5.02 Å². The molecule has 0 spiro atoms. The first-order valence-electron chi connectivity index (χ1n) is 6.23. The molecule has 0 bridgehead atoms. The van der Waals surface area contributed by atoms with Crippen molar-refractivity contribution >= 4 is 28.9 Å². The van der Waals surface area contributed by atoms with Crippen LogP contribution in [0.5, 0.6) is 0 Å². The van der Waals surface area contributed by atoms with Gasteiger partial charge in [0.1, 0.15) is 6.61 Å². The molecule has 8 nitrogen and oxygen atoms in total. The van der Waals surface area contributed by atoms with Crippen LogP contribution in [0.25, 0.3) is 0 Å². The Kier molecular flexibility index (Phi) is 4.87. The number of nitrogens with zero attached hydrogens (tertiary/aromatic N) is 2. The second-order valence-electron chi connectivity index (χ2n) is 4.41. The number of halogens is 1. The predicted molar refractivity (Wildman–Crippen MR) is 80.3 cm³/mol. The molecule has 0 aliphatic heterocycles. The molecule has 0 aliphatic carbocycles. The lowest BCUT2D eigenvalue weighted by molar-refractivity contribution is -0.385. The van der Waals surface area contributed by atoms with Crippen molar-refractivity contribution in [3.05, 3.63) is 78.8 Å². The van der Waals surface area contributed by atoms with Gasteiger partial charge >= 0.3 is 5.97 Å². The van der Waals surface area contributed by atoms with Crippen LogP contribution in [-0.2, 0) is 11.3 Å². The summed E-state index contributed by atoms with van der Waals surface area (Å²) in [7, 11) is 0. The van der Waals surface area contributed by atoms with Crippen molar-refractivity contribution in [3.8, 4) is 0 Å². The van der Waals surface area contributed by atoms with Gasteiger partial charge < -0.3 is 4.74 Å². The molecule has 0 unspecified atom stereocenters. The molecular weight excluding hydrogens is 328 g/mol. The third kappa shape index (κ3) is 4.01. The molecule has 23 heavy (non-hydrogen) atoms. The molecule has 0 fully saturated rings. The Morgan fingerprint density at radius 3 is 2.13 bits per heavy atom. The third-order valence-corrected chi connectivity index (χ3v) is 3.28. The Morgan fingerprint density at radius 1 is 1.00 bits per heavy atom. The maximum absolute atomic E-state index is 11.9. The van der Waals surface area contributed by atoms with Crippen LogP contribution in [0.3, 0.4) is 0 Å². The molecule has 9 heteroatoms. The van der Waals surface area contributed by atoms with E-state index in [-0.39, 0.29) is 34.1 Å². The number of carbonyl (C=O) groups excluding carboxylic acids is 1. The van der Waals surface area contributed by atoms with Gasteiger partial charge in [-0.15, -0.1) is 0 Å². The molecule has 0 radical (unpaired) electrons. The first kappa shape index (κ1) is 16.4. The lowest BCUT2D eigenvalue weighted by Crippen LogP contribution is -2.06. The normalized spacial score (nSPS) is 10.1. The summed E-state index contributed by atoms with van der Waals surface area (Å²) >= 11 is 5.90. The van der Waals surface area contributed by atoms with Crippen LogP contribution in [-0.4, -0.2) is 15.8 Å². The van der Waals surface area contributed by atoms with Crippen LogP contribution in [0.15, 0.2) is 42.5 Å². The molecule has 0 amide bonds. The number of nitro groups is 2. The number of benzene rings is 2. The number of rotatable bonds is 5. The van der Waals surface area contributed by atoms with Gasteiger partial charge in [-0.2, -0.15) is 0 Å². The highest BCUT2D eigenvalue weighted by Gasteiger charge is 2.14. The molecule has 2 aromatic carbocycles. The highest BCUT2D eigenvalue weighted by Crippen LogP contribution is 2.23. The molecule has 0 atom stereocenters. The van der Waals surface area contributed by atoms with Gasteiger partial charge in [-0.1, -0.05) is 11.6 Å². The van der Waals surface area contributed by atoms with Crippen LogP contribution in [0.4, 0.5) is 11.4 Å². The number of ether oxygens (including phenoxy) is 1. The average molecular weight is 337 g/mol. The van der Waals surface area contributed by atoms with E-state index < -0.39 is 15.8 Å². The molecule has 0 saturated carbocycles. The zero-order valence-corrected chi connectivity index (χ0v) is 12.2. The van der Waals surface area contributed by atoms with Crippen LogP contribution < -0.4 is 0 Å². The molecule has 0 aliphatic rings. The minimum atomic E-state index is -0.720. The van der Waals surface area contributed by atoms with Crippen LogP contribution in [0, 0.1) is 20.2 Å². The summed E-state index contributed by atoms with van der Waals surface area (Å²) < 4.78 is 5.01.